The van der Waals surface area contributed by atoms with E-state index in [1.165, 1.54) is 5.69 Å². The molecule has 0 fully saturated rings. The van der Waals surface area contributed by atoms with Gasteiger partial charge in [0.1, 0.15) is 0 Å². The molecule has 0 saturated heterocycles. The molecule has 0 aliphatic rings. The Hall–Kier alpha value is 0.240. The van der Waals surface area contributed by atoms with E-state index in [1.807, 2.05) is 38.4 Å². The molecule has 0 heterocycles. The van der Waals surface area contributed by atoms with Crippen molar-refractivity contribution in [3.8, 4) is 0 Å². The van der Waals surface area contributed by atoms with Crippen LogP contribution in [-0.4, -0.2) is 14.1 Å². The van der Waals surface area contributed by atoms with Gasteiger partial charge in [0.15, 0.2) is 0 Å². The first kappa shape index (κ1) is 11.2. The summed E-state index contributed by atoms with van der Waals surface area (Å²) in [6, 6.07) is 7.90. The molecule has 0 amide bonds. The van der Waals surface area contributed by atoms with Crippen molar-refractivity contribution in [2.24, 2.45) is 0 Å². The number of rotatable bonds is 1. The molecule has 1 aromatic rings. The Kier molecular flexibility index (Phi) is 5.10. The van der Waals surface area contributed by atoms with Crippen molar-refractivity contribution in [3.63, 3.8) is 0 Å². The van der Waals surface area contributed by atoms with Gasteiger partial charge in [0.25, 0.3) is 0 Å². The number of anilines is 1. The summed E-state index contributed by atoms with van der Waals surface area (Å²) in [6.07, 6.45) is 0. The monoisotopic (exact) mass is 175 g/mol. The van der Waals surface area contributed by atoms with E-state index in [0.29, 0.717) is 0 Å². The number of nitrogens with zero attached hydrogens (tertiary/aromatic N) is 1. The van der Waals surface area contributed by atoms with E-state index >= 15 is 0 Å². The van der Waals surface area contributed by atoms with Crippen LogP contribution in [0.15, 0.2) is 29.2 Å². The van der Waals surface area contributed by atoms with E-state index in [4.69, 9.17) is 12.6 Å². The second kappa shape index (κ2) is 4.99. The van der Waals surface area contributed by atoms with Gasteiger partial charge in [0, 0.05) is 19.8 Å². The maximum Gasteiger partial charge on any atom is 1.00 e. The Morgan fingerprint density at radius 2 is 1.55 bits per heavy atom. The Morgan fingerprint density at radius 3 is 1.91 bits per heavy atom. The second-order valence-electron chi connectivity index (χ2n) is 2.39. The van der Waals surface area contributed by atoms with Gasteiger partial charge in [-0.05, 0) is 12.1 Å². The third kappa shape index (κ3) is 3.43. The molecule has 1 rings (SSSR count). The molecule has 0 spiro atoms. The minimum absolute atomic E-state index is 0. The van der Waals surface area contributed by atoms with Crippen LogP contribution in [0.1, 0.15) is 0 Å². The largest absolute Gasteiger partial charge is 1.00 e. The van der Waals surface area contributed by atoms with E-state index in [-0.39, 0.29) is 29.6 Å². The molecule has 0 saturated carbocycles. The van der Waals surface area contributed by atoms with Crippen LogP contribution in [-0.2, 0) is 12.6 Å². The third-order valence-electron chi connectivity index (χ3n) is 1.35. The molecule has 0 N–H and O–H groups in total. The molecule has 54 valence electrons. The topological polar surface area (TPSA) is 3.24 Å². The van der Waals surface area contributed by atoms with Crippen molar-refractivity contribution in [2.75, 3.05) is 19.0 Å². The van der Waals surface area contributed by atoms with Gasteiger partial charge < -0.3 is 17.5 Å². The predicted molar refractivity (Wildman–Crippen MR) is 46.4 cm³/mol. The average molecular weight is 175 g/mol. The first-order valence-corrected chi connectivity index (χ1v) is 3.55. The van der Waals surface area contributed by atoms with Gasteiger partial charge in [-0.15, -0.1) is 0 Å². The number of hydrogen-bond donors (Lipinski definition) is 0. The Morgan fingerprint density at radius 1 is 1.09 bits per heavy atom. The van der Waals surface area contributed by atoms with Gasteiger partial charge in [-0.3, -0.25) is 0 Å². The first-order chi connectivity index (χ1) is 4.70. The van der Waals surface area contributed by atoms with Gasteiger partial charge in [-0.1, -0.05) is 12.1 Å². The molecule has 0 aromatic heterocycles. The van der Waals surface area contributed by atoms with Crippen LogP contribution in [0.2, 0.25) is 0 Å². The molecule has 0 atom stereocenters. The smallest absolute Gasteiger partial charge is 0.780 e. The van der Waals surface area contributed by atoms with Crippen molar-refractivity contribution in [3.05, 3.63) is 24.3 Å². The van der Waals surface area contributed by atoms with Gasteiger partial charge in [0.2, 0.25) is 0 Å². The Bertz CT molecular complexity index is 208. The fourth-order valence-corrected chi connectivity index (χ4v) is 0.880. The van der Waals surface area contributed by atoms with Crippen LogP contribution in [0.4, 0.5) is 5.69 Å². The molecule has 3 heteroatoms. The van der Waals surface area contributed by atoms with E-state index < -0.39 is 0 Å². The van der Waals surface area contributed by atoms with Crippen molar-refractivity contribution in [1.29, 1.82) is 0 Å². The molecule has 1 nitrogen and oxygen atoms in total. The Balaban J connectivity index is 0.000001000. The summed E-state index contributed by atoms with van der Waals surface area (Å²) in [4.78, 5) is 2.94. The van der Waals surface area contributed by atoms with Crippen LogP contribution in [0, 0.1) is 0 Å². The number of benzene rings is 1. The van der Waals surface area contributed by atoms with Crippen LogP contribution >= 0.6 is 0 Å². The maximum atomic E-state index is 4.94. The van der Waals surface area contributed by atoms with E-state index in [0.717, 1.165) is 4.90 Å². The molecular weight excluding hydrogens is 165 g/mol. The van der Waals surface area contributed by atoms with E-state index in [9.17, 15) is 0 Å². The molecule has 0 radical (unpaired) electrons. The predicted octanol–water partition coefficient (Wildman–Crippen LogP) is -1.34. The molecule has 0 aliphatic heterocycles. The summed E-state index contributed by atoms with van der Waals surface area (Å²) in [6.45, 7) is 0. The normalized spacial score (nSPS) is 8.55. The summed E-state index contributed by atoms with van der Waals surface area (Å²) in [7, 11) is 4.02. The third-order valence-corrected chi connectivity index (χ3v) is 1.63. The fourth-order valence-electron chi connectivity index (χ4n) is 0.744. The zero-order chi connectivity index (χ0) is 7.56. The molecular formula is C8H10NNaS. The quantitative estimate of drug-likeness (QED) is 0.384. The fraction of sp³-hybridized carbons (Fsp3) is 0.250. The van der Waals surface area contributed by atoms with Crippen molar-refractivity contribution >= 4 is 18.3 Å². The second-order valence-corrected chi connectivity index (χ2v) is 2.86. The van der Waals surface area contributed by atoms with Crippen molar-refractivity contribution in [1.82, 2.24) is 0 Å². The zero-order valence-electron chi connectivity index (χ0n) is 7.16. The van der Waals surface area contributed by atoms with Crippen molar-refractivity contribution < 1.29 is 29.6 Å². The SMILES string of the molecule is CN(C)c1ccc([S-])cc1.[Na+]. The van der Waals surface area contributed by atoms with Crippen LogP contribution in [0.5, 0.6) is 0 Å². The van der Waals surface area contributed by atoms with E-state index in [2.05, 4.69) is 4.90 Å². The minimum Gasteiger partial charge on any atom is -0.780 e. The van der Waals surface area contributed by atoms with Crippen LogP contribution in [0.25, 0.3) is 0 Å². The Labute approximate surface area is 95.5 Å². The van der Waals surface area contributed by atoms with Gasteiger partial charge in [-0.25, -0.2) is 0 Å². The molecule has 1 aromatic carbocycles. The first-order valence-electron chi connectivity index (χ1n) is 3.14. The van der Waals surface area contributed by atoms with Crippen LogP contribution < -0.4 is 34.5 Å². The van der Waals surface area contributed by atoms with Gasteiger partial charge in [0.05, 0.1) is 0 Å². The van der Waals surface area contributed by atoms with Crippen molar-refractivity contribution in [2.45, 2.75) is 4.90 Å². The van der Waals surface area contributed by atoms with Crippen LogP contribution in [0.3, 0.4) is 0 Å². The minimum atomic E-state index is 0. The van der Waals surface area contributed by atoms with Gasteiger partial charge >= 0.3 is 29.6 Å². The maximum absolute atomic E-state index is 4.94. The summed E-state index contributed by atoms with van der Waals surface area (Å²) >= 11 is 4.94. The molecule has 11 heavy (non-hydrogen) atoms. The van der Waals surface area contributed by atoms with Gasteiger partial charge in [-0.2, -0.15) is 4.90 Å². The summed E-state index contributed by atoms with van der Waals surface area (Å²) in [5.74, 6) is 0. The summed E-state index contributed by atoms with van der Waals surface area (Å²) in [5.41, 5.74) is 1.19. The summed E-state index contributed by atoms with van der Waals surface area (Å²) in [5, 5.41) is 0. The average Bonchev–Trinajstić information content (AvgIpc) is 1.88. The zero-order valence-corrected chi connectivity index (χ0v) is 9.98. The standard InChI is InChI=1S/C8H11NS.Na/c1-9(2)7-3-5-8(10)6-4-7;/h3-6,10H,1-2H3;/q;+1/p-1. The molecule has 0 unspecified atom stereocenters. The number of hydrogen-bond acceptors (Lipinski definition) is 2. The van der Waals surface area contributed by atoms with E-state index in [1.54, 1.807) is 0 Å². The molecule has 0 aliphatic carbocycles. The summed E-state index contributed by atoms with van der Waals surface area (Å²) < 4.78 is 0. The molecule has 0 bridgehead atoms.